The van der Waals surface area contributed by atoms with Crippen LogP contribution in [0.1, 0.15) is 34.6 Å². The van der Waals surface area contributed by atoms with Gasteiger partial charge in [-0.3, -0.25) is 9.59 Å². The first-order valence-electron chi connectivity index (χ1n) is 9.47. The molecule has 0 aliphatic carbocycles. The highest BCUT2D eigenvalue weighted by Gasteiger charge is 2.25. The minimum Gasteiger partial charge on any atom is -0.369 e. The average molecular weight is 394 g/mol. The number of nitrogens with one attached hydrogen (secondary N) is 1. The molecule has 1 aliphatic rings. The van der Waals surface area contributed by atoms with Crippen LogP contribution in [0.15, 0.2) is 28.9 Å². The van der Waals surface area contributed by atoms with Gasteiger partial charge in [-0.1, -0.05) is 5.16 Å². The summed E-state index contributed by atoms with van der Waals surface area (Å²) in [6, 6.07) is 5.33. The smallest absolute Gasteiger partial charge is 0.258 e. The number of pyridine rings is 2. The normalized spacial score (nSPS) is 16.8. The molecular formula is C20H22N6O3. The summed E-state index contributed by atoms with van der Waals surface area (Å²) >= 11 is 0. The van der Waals surface area contributed by atoms with Crippen LogP contribution in [0.5, 0.6) is 0 Å². The molecule has 3 N–H and O–H groups in total. The first-order valence-corrected chi connectivity index (χ1v) is 9.47. The van der Waals surface area contributed by atoms with Crippen LogP contribution in [0.2, 0.25) is 0 Å². The Kier molecular flexibility index (Phi) is 4.87. The largest absolute Gasteiger partial charge is 0.369 e. The maximum Gasteiger partial charge on any atom is 0.258 e. The summed E-state index contributed by atoms with van der Waals surface area (Å²) in [5.74, 6) is 0.0368. The average Bonchev–Trinajstić information content (AvgIpc) is 3.08. The number of nitrogens with zero attached hydrogens (tertiary/aromatic N) is 4. The van der Waals surface area contributed by atoms with Gasteiger partial charge in [-0.15, -0.1) is 0 Å². The van der Waals surface area contributed by atoms with E-state index in [0.29, 0.717) is 40.3 Å². The Labute approximate surface area is 167 Å². The van der Waals surface area contributed by atoms with Crippen molar-refractivity contribution in [3.05, 3.63) is 41.3 Å². The summed E-state index contributed by atoms with van der Waals surface area (Å²) in [4.78, 5) is 35.1. The molecule has 9 nitrogen and oxygen atoms in total. The van der Waals surface area contributed by atoms with Crippen LogP contribution >= 0.6 is 0 Å². The number of carbonyl (C=O) groups excluding carboxylic acids is 2. The topological polar surface area (TPSA) is 127 Å². The van der Waals surface area contributed by atoms with E-state index in [2.05, 4.69) is 20.4 Å². The van der Waals surface area contributed by atoms with Crippen molar-refractivity contribution >= 4 is 34.4 Å². The molecule has 150 valence electrons. The Morgan fingerprint density at radius 3 is 2.86 bits per heavy atom. The Hall–Kier alpha value is -3.49. The van der Waals surface area contributed by atoms with Crippen molar-refractivity contribution < 1.29 is 14.1 Å². The molecule has 1 atom stereocenters. The molecule has 1 unspecified atom stereocenters. The molecule has 4 rings (SSSR count). The second kappa shape index (κ2) is 7.50. The number of hydrogen-bond donors (Lipinski definition) is 2. The molecule has 4 heterocycles. The van der Waals surface area contributed by atoms with Crippen LogP contribution in [0.3, 0.4) is 0 Å². The highest BCUT2D eigenvalue weighted by Crippen LogP contribution is 2.25. The third-order valence-corrected chi connectivity index (χ3v) is 5.14. The lowest BCUT2D eigenvalue weighted by atomic mass is 9.97. The van der Waals surface area contributed by atoms with Gasteiger partial charge < -0.3 is 20.5 Å². The van der Waals surface area contributed by atoms with E-state index in [9.17, 15) is 9.59 Å². The SMILES string of the molecule is Cc1cc(C(=O)Nc2ccc(N3CCCC(C(N)=O)C3)nc2)c2c(C)noc2n1. The maximum absolute atomic E-state index is 12.8. The van der Waals surface area contributed by atoms with Gasteiger partial charge in [-0.2, -0.15) is 0 Å². The van der Waals surface area contributed by atoms with E-state index in [1.165, 1.54) is 0 Å². The van der Waals surface area contributed by atoms with Crippen molar-refractivity contribution in [1.29, 1.82) is 0 Å². The molecule has 3 aromatic rings. The standard InChI is InChI=1S/C20H22N6O3/c1-11-8-15(17-12(2)25-29-20(17)23-11)19(28)24-14-5-6-16(22-9-14)26-7-3-4-13(10-26)18(21)27/h5-6,8-9,13H,3-4,7,10H2,1-2H3,(H2,21,27)(H,24,28). The Morgan fingerprint density at radius 2 is 2.14 bits per heavy atom. The van der Waals surface area contributed by atoms with E-state index >= 15 is 0 Å². The van der Waals surface area contributed by atoms with E-state index in [4.69, 9.17) is 10.3 Å². The lowest BCUT2D eigenvalue weighted by molar-refractivity contribution is -0.122. The second-order valence-electron chi connectivity index (χ2n) is 7.31. The fraction of sp³-hybridized carbons (Fsp3) is 0.350. The lowest BCUT2D eigenvalue weighted by Gasteiger charge is -2.32. The van der Waals surface area contributed by atoms with Crippen molar-refractivity contribution in [2.24, 2.45) is 11.7 Å². The zero-order chi connectivity index (χ0) is 20.5. The van der Waals surface area contributed by atoms with Crippen LogP contribution in [-0.2, 0) is 4.79 Å². The fourth-order valence-electron chi connectivity index (χ4n) is 3.66. The zero-order valence-corrected chi connectivity index (χ0v) is 16.3. The molecule has 29 heavy (non-hydrogen) atoms. The molecule has 1 saturated heterocycles. The highest BCUT2D eigenvalue weighted by atomic mass is 16.5. The Balaban J connectivity index is 1.52. The van der Waals surface area contributed by atoms with Crippen molar-refractivity contribution in [3.63, 3.8) is 0 Å². The Bertz CT molecular complexity index is 1080. The minimum absolute atomic E-state index is 0.158. The zero-order valence-electron chi connectivity index (χ0n) is 16.3. The quantitative estimate of drug-likeness (QED) is 0.694. The number of rotatable bonds is 4. The third-order valence-electron chi connectivity index (χ3n) is 5.14. The number of aromatic nitrogens is 3. The van der Waals surface area contributed by atoms with Gasteiger partial charge in [-0.25, -0.2) is 9.97 Å². The van der Waals surface area contributed by atoms with Crippen LogP contribution in [0.4, 0.5) is 11.5 Å². The summed E-state index contributed by atoms with van der Waals surface area (Å²) in [5, 5.41) is 7.36. The number of carbonyl (C=O) groups is 2. The summed E-state index contributed by atoms with van der Waals surface area (Å²) in [6.45, 7) is 4.95. The number of primary amides is 1. The summed E-state index contributed by atoms with van der Waals surface area (Å²) in [7, 11) is 0. The van der Waals surface area contributed by atoms with Gasteiger partial charge in [0, 0.05) is 18.8 Å². The Morgan fingerprint density at radius 1 is 1.31 bits per heavy atom. The molecule has 1 fully saturated rings. The highest BCUT2D eigenvalue weighted by molar-refractivity contribution is 6.12. The van der Waals surface area contributed by atoms with E-state index in [0.717, 1.165) is 25.2 Å². The number of fused-ring (bicyclic) bond motifs is 1. The summed E-state index contributed by atoms with van der Waals surface area (Å²) < 4.78 is 5.19. The van der Waals surface area contributed by atoms with Gasteiger partial charge in [0.1, 0.15) is 5.82 Å². The molecule has 2 amide bonds. The maximum atomic E-state index is 12.8. The van der Waals surface area contributed by atoms with Gasteiger partial charge in [0.05, 0.1) is 34.4 Å². The van der Waals surface area contributed by atoms with Gasteiger partial charge in [0.15, 0.2) is 0 Å². The minimum atomic E-state index is -0.284. The monoisotopic (exact) mass is 394 g/mol. The number of hydrogen-bond acceptors (Lipinski definition) is 7. The predicted octanol–water partition coefficient (Wildman–Crippen LogP) is 2.19. The van der Waals surface area contributed by atoms with Gasteiger partial charge in [0.2, 0.25) is 5.91 Å². The van der Waals surface area contributed by atoms with Gasteiger partial charge >= 0.3 is 0 Å². The predicted molar refractivity (Wildman–Crippen MR) is 108 cm³/mol. The fourth-order valence-corrected chi connectivity index (χ4v) is 3.66. The van der Waals surface area contributed by atoms with Crippen LogP contribution < -0.4 is 16.0 Å². The number of nitrogens with two attached hydrogens (primary N) is 1. The molecule has 0 aromatic carbocycles. The van der Waals surface area contributed by atoms with E-state index in [1.54, 1.807) is 32.2 Å². The molecule has 9 heteroatoms. The number of aryl methyl sites for hydroxylation is 2. The molecule has 0 saturated carbocycles. The molecule has 0 radical (unpaired) electrons. The van der Waals surface area contributed by atoms with E-state index < -0.39 is 0 Å². The lowest BCUT2D eigenvalue weighted by Crippen LogP contribution is -2.41. The van der Waals surface area contributed by atoms with Crippen LogP contribution in [0, 0.1) is 19.8 Å². The van der Waals surface area contributed by atoms with Crippen LogP contribution in [-0.4, -0.2) is 40.0 Å². The van der Waals surface area contributed by atoms with Gasteiger partial charge in [-0.05, 0) is 44.9 Å². The molecule has 1 aliphatic heterocycles. The summed E-state index contributed by atoms with van der Waals surface area (Å²) in [6.07, 6.45) is 3.30. The number of piperidine rings is 1. The summed E-state index contributed by atoms with van der Waals surface area (Å²) in [5.41, 5.74) is 8.09. The van der Waals surface area contributed by atoms with Gasteiger partial charge in [0.25, 0.3) is 11.6 Å². The molecule has 0 spiro atoms. The van der Waals surface area contributed by atoms with Crippen molar-refractivity contribution in [3.8, 4) is 0 Å². The number of anilines is 2. The third kappa shape index (κ3) is 3.75. The van der Waals surface area contributed by atoms with Crippen molar-refractivity contribution in [1.82, 2.24) is 15.1 Å². The molecule has 3 aromatic heterocycles. The van der Waals surface area contributed by atoms with Crippen LogP contribution in [0.25, 0.3) is 11.1 Å². The van der Waals surface area contributed by atoms with E-state index in [-0.39, 0.29) is 17.7 Å². The van der Waals surface area contributed by atoms with E-state index in [1.807, 2.05) is 11.0 Å². The first kappa shape index (κ1) is 18.9. The number of amides is 2. The first-order chi connectivity index (χ1) is 13.9. The van der Waals surface area contributed by atoms with Crippen molar-refractivity contribution in [2.75, 3.05) is 23.3 Å². The van der Waals surface area contributed by atoms with Crippen molar-refractivity contribution in [2.45, 2.75) is 26.7 Å². The molecule has 0 bridgehead atoms. The second-order valence-corrected chi connectivity index (χ2v) is 7.31. The molecular weight excluding hydrogens is 372 g/mol.